The van der Waals surface area contributed by atoms with Crippen LogP contribution in [0, 0.1) is 6.92 Å². The van der Waals surface area contributed by atoms with E-state index in [1.165, 1.54) is 11.3 Å². The molecule has 3 rings (SSSR count). The van der Waals surface area contributed by atoms with Crippen LogP contribution in [0.4, 0.5) is 0 Å². The lowest BCUT2D eigenvalue weighted by Crippen LogP contribution is -1.80. The first-order valence-electron chi connectivity index (χ1n) is 4.59. The summed E-state index contributed by atoms with van der Waals surface area (Å²) in [5.41, 5.74) is 0.702. The first-order valence-corrected chi connectivity index (χ1v) is 5.41. The van der Waals surface area contributed by atoms with Crippen LogP contribution in [-0.4, -0.2) is 30.9 Å². The number of carbonyl (C=O) groups excluding carboxylic acids is 1. The van der Waals surface area contributed by atoms with Gasteiger partial charge in [-0.25, -0.2) is 9.97 Å². The van der Waals surface area contributed by atoms with Gasteiger partial charge in [0.05, 0.1) is 4.88 Å². The molecule has 0 amide bonds. The number of rotatable bonds is 2. The van der Waals surface area contributed by atoms with Crippen LogP contribution in [0.15, 0.2) is 12.4 Å². The molecule has 0 aromatic carbocycles. The SMILES string of the molecule is Cc1nc(-c2cn3cc(C=O)sc3n2)n[nH]1. The van der Waals surface area contributed by atoms with Crippen molar-refractivity contribution in [2.75, 3.05) is 0 Å². The summed E-state index contributed by atoms with van der Waals surface area (Å²) in [5, 5.41) is 6.79. The Balaban J connectivity index is 2.12. The highest BCUT2D eigenvalue weighted by Gasteiger charge is 2.10. The van der Waals surface area contributed by atoms with Crippen LogP contribution in [-0.2, 0) is 0 Å². The Kier molecular flexibility index (Phi) is 1.87. The van der Waals surface area contributed by atoms with Gasteiger partial charge < -0.3 is 0 Å². The molecule has 0 atom stereocenters. The van der Waals surface area contributed by atoms with E-state index < -0.39 is 0 Å². The second-order valence-corrected chi connectivity index (χ2v) is 4.35. The largest absolute Gasteiger partial charge is 0.297 e. The van der Waals surface area contributed by atoms with Gasteiger partial charge >= 0.3 is 0 Å². The molecule has 0 spiro atoms. The predicted octanol–water partition coefficient (Wildman–Crippen LogP) is 1.30. The van der Waals surface area contributed by atoms with Crippen LogP contribution in [0.2, 0.25) is 0 Å². The van der Waals surface area contributed by atoms with E-state index in [1.807, 2.05) is 6.92 Å². The third kappa shape index (κ3) is 1.33. The molecular formula is C9H7N5OS. The van der Waals surface area contributed by atoms with Crippen LogP contribution >= 0.6 is 11.3 Å². The van der Waals surface area contributed by atoms with Crippen molar-refractivity contribution in [1.29, 1.82) is 0 Å². The van der Waals surface area contributed by atoms with Crippen molar-refractivity contribution in [3.8, 4) is 11.5 Å². The van der Waals surface area contributed by atoms with Crippen LogP contribution in [0.5, 0.6) is 0 Å². The highest BCUT2D eigenvalue weighted by Crippen LogP contribution is 2.20. The summed E-state index contributed by atoms with van der Waals surface area (Å²) in [6.45, 7) is 1.83. The van der Waals surface area contributed by atoms with Crippen LogP contribution in [0.3, 0.4) is 0 Å². The summed E-state index contributed by atoms with van der Waals surface area (Å²) in [4.78, 5) is 20.5. The molecule has 3 heterocycles. The fourth-order valence-corrected chi connectivity index (χ4v) is 2.21. The summed E-state index contributed by atoms with van der Waals surface area (Å²) in [6.07, 6.45) is 4.36. The van der Waals surface area contributed by atoms with Gasteiger partial charge in [-0.05, 0) is 6.92 Å². The summed E-state index contributed by atoms with van der Waals surface area (Å²) >= 11 is 1.34. The van der Waals surface area contributed by atoms with Gasteiger partial charge in [0.15, 0.2) is 11.2 Å². The molecule has 0 bridgehead atoms. The maximum absolute atomic E-state index is 10.6. The average molecular weight is 233 g/mol. The van der Waals surface area contributed by atoms with E-state index in [0.29, 0.717) is 16.4 Å². The number of nitrogens with zero attached hydrogens (tertiary/aromatic N) is 4. The van der Waals surface area contributed by atoms with Gasteiger partial charge in [0.2, 0.25) is 5.82 Å². The van der Waals surface area contributed by atoms with E-state index in [1.54, 1.807) is 16.8 Å². The summed E-state index contributed by atoms with van der Waals surface area (Å²) in [5.74, 6) is 1.32. The molecule has 0 saturated carbocycles. The molecule has 0 aliphatic carbocycles. The van der Waals surface area contributed by atoms with Crippen molar-refractivity contribution >= 4 is 22.6 Å². The summed E-state index contributed by atoms with van der Waals surface area (Å²) < 4.78 is 1.80. The van der Waals surface area contributed by atoms with Gasteiger partial charge in [-0.3, -0.25) is 14.3 Å². The maximum Gasteiger partial charge on any atom is 0.201 e. The molecule has 3 aromatic heterocycles. The van der Waals surface area contributed by atoms with Crippen molar-refractivity contribution in [3.63, 3.8) is 0 Å². The van der Waals surface area contributed by atoms with Gasteiger partial charge in [0.1, 0.15) is 11.5 Å². The number of carbonyl (C=O) groups is 1. The van der Waals surface area contributed by atoms with E-state index in [9.17, 15) is 4.79 Å². The summed E-state index contributed by atoms with van der Waals surface area (Å²) in [6, 6.07) is 0. The normalized spacial score (nSPS) is 11.1. The number of hydrogen-bond acceptors (Lipinski definition) is 5. The zero-order valence-corrected chi connectivity index (χ0v) is 9.15. The van der Waals surface area contributed by atoms with E-state index in [0.717, 1.165) is 17.1 Å². The molecule has 0 radical (unpaired) electrons. The maximum atomic E-state index is 10.6. The molecule has 6 nitrogen and oxygen atoms in total. The number of aromatic amines is 1. The molecular weight excluding hydrogens is 226 g/mol. The molecule has 80 valence electrons. The van der Waals surface area contributed by atoms with Gasteiger partial charge in [0.25, 0.3) is 0 Å². The zero-order chi connectivity index (χ0) is 11.1. The van der Waals surface area contributed by atoms with Crippen LogP contribution in [0.1, 0.15) is 15.5 Å². The first kappa shape index (κ1) is 9.22. The monoisotopic (exact) mass is 233 g/mol. The second-order valence-electron chi connectivity index (χ2n) is 3.31. The lowest BCUT2D eigenvalue weighted by atomic mass is 10.4. The van der Waals surface area contributed by atoms with Gasteiger partial charge in [-0.15, -0.1) is 0 Å². The number of aryl methyl sites for hydroxylation is 1. The second kappa shape index (κ2) is 3.24. The number of nitrogens with one attached hydrogen (secondary N) is 1. The smallest absolute Gasteiger partial charge is 0.201 e. The third-order valence-corrected chi connectivity index (χ3v) is 3.04. The number of fused-ring (bicyclic) bond motifs is 1. The predicted molar refractivity (Wildman–Crippen MR) is 58.6 cm³/mol. The molecule has 0 aliphatic heterocycles. The van der Waals surface area contributed by atoms with E-state index in [4.69, 9.17) is 0 Å². The minimum absolute atomic E-state index is 0.570. The minimum Gasteiger partial charge on any atom is -0.297 e. The Morgan fingerprint density at radius 2 is 2.31 bits per heavy atom. The van der Waals surface area contributed by atoms with Gasteiger partial charge in [-0.2, -0.15) is 5.10 Å². The highest BCUT2D eigenvalue weighted by molar-refractivity contribution is 7.18. The Hall–Kier alpha value is -2.02. The topological polar surface area (TPSA) is 75.9 Å². The number of aromatic nitrogens is 5. The highest BCUT2D eigenvalue weighted by atomic mass is 32.1. The molecule has 0 aliphatic rings. The number of hydrogen-bond donors (Lipinski definition) is 1. The van der Waals surface area contributed by atoms with E-state index in [-0.39, 0.29) is 0 Å². The summed E-state index contributed by atoms with van der Waals surface area (Å²) in [7, 11) is 0. The first-order chi connectivity index (χ1) is 7.76. The van der Waals surface area contributed by atoms with E-state index in [2.05, 4.69) is 20.2 Å². The Labute approximate surface area is 94.0 Å². The fraction of sp³-hybridized carbons (Fsp3) is 0.111. The van der Waals surface area contributed by atoms with Crippen LogP contribution in [0.25, 0.3) is 16.5 Å². The minimum atomic E-state index is 0.570. The van der Waals surface area contributed by atoms with Crippen molar-refractivity contribution in [3.05, 3.63) is 23.1 Å². The lowest BCUT2D eigenvalue weighted by Gasteiger charge is -1.83. The van der Waals surface area contributed by atoms with Crippen LogP contribution < -0.4 is 0 Å². The quantitative estimate of drug-likeness (QED) is 0.677. The van der Waals surface area contributed by atoms with Crippen molar-refractivity contribution in [2.45, 2.75) is 6.92 Å². The Bertz CT molecular complexity index is 633. The average Bonchev–Trinajstić information content (AvgIpc) is 2.89. The Morgan fingerprint density at radius 1 is 1.44 bits per heavy atom. The molecule has 0 unspecified atom stereocenters. The molecule has 0 saturated heterocycles. The molecule has 7 heteroatoms. The van der Waals surface area contributed by atoms with Crippen molar-refractivity contribution in [2.24, 2.45) is 0 Å². The Morgan fingerprint density at radius 3 is 2.94 bits per heavy atom. The zero-order valence-electron chi connectivity index (χ0n) is 8.34. The fourth-order valence-electron chi connectivity index (χ4n) is 1.43. The molecule has 3 aromatic rings. The lowest BCUT2D eigenvalue weighted by molar-refractivity contribution is 0.112. The number of thiazole rings is 1. The number of aldehydes is 1. The number of H-pyrrole nitrogens is 1. The van der Waals surface area contributed by atoms with Gasteiger partial charge in [0, 0.05) is 12.4 Å². The molecule has 0 fully saturated rings. The van der Waals surface area contributed by atoms with Crippen molar-refractivity contribution in [1.82, 2.24) is 24.6 Å². The standard InChI is InChI=1S/C9H7N5OS/c1-5-10-8(13-12-5)7-3-14-2-6(4-15)16-9(14)11-7/h2-4H,1H3,(H,10,12,13). The van der Waals surface area contributed by atoms with Crippen molar-refractivity contribution < 1.29 is 4.79 Å². The molecule has 16 heavy (non-hydrogen) atoms. The molecule has 1 N–H and O–H groups in total. The third-order valence-electron chi connectivity index (χ3n) is 2.12. The number of imidazole rings is 1. The van der Waals surface area contributed by atoms with E-state index >= 15 is 0 Å². The van der Waals surface area contributed by atoms with Gasteiger partial charge in [-0.1, -0.05) is 11.3 Å².